The number of rotatable bonds is 13. The van der Waals surface area contributed by atoms with E-state index in [9.17, 15) is 24.9 Å². The van der Waals surface area contributed by atoms with Gasteiger partial charge in [0.1, 0.15) is 18.0 Å². The average Bonchev–Trinajstić information content (AvgIpc) is 2.97. The van der Waals surface area contributed by atoms with Gasteiger partial charge >= 0.3 is 0 Å². The van der Waals surface area contributed by atoms with Gasteiger partial charge in [-0.05, 0) is 64.4 Å². The van der Waals surface area contributed by atoms with Gasteiger partial charge in [0.15, 0.2) is 11.5 Å². The summed E-state index contributed by atoms with van der Waals surface area (Å²) in [5, 5.41) is 33.2. The Morgan fingerprint density at radius 1 is 1.12 bits per heavy atom. The number of halogens is 1. The van der Waals surface area contributed by atoms with Crippen LogP contribution in [0.3, 0.4) is 0 Å². The van der Waals surface area contributed by atoms with Crippen LogP contribution in [0.1, 0.15) is 31.4 Å². The predicted molar refractivity (Wildman–Crippen MR) is 162 cm³/mol. The van der Waals surface area contributed by atoms with Crippen molar-refractivity contribution in [2.24, 2.45) is 5.92 Å². The summed E-state index contributed by atoms with van der Waals surface area (Å²) in [5.41, 5.74) is 1.87. The molecule has 2 aromatic rings. The van der Waals surface area contributed by atoms with E-state index in [0.717, 1.165) is 5.56 Å². The predicted octanol–water partition coefficient (Wildman–Crippen LogP) is 2.44. The number of para-hydroxylation sites is 1. The summed E-state index contributed by atoms with van der Waals surface area (Å²) >= 11 is 2.06. The first-order valence-corrected chi connectivity index (χ1v) is 14.6. The molecule has 4 N–H and O–H groups in total. The molecule has 1 aliphatic rings. The summed E-state index contributed by atoms with van der Waals surface area (Å²) in [6, 6.07) is 10.2. The highest BCUT2D eigenvalue weighted by Crippen LogP contribution is 2.37. The molecule has 10 nitrogen and oxygen atoms in total. The maximum Gasteiger partial charge on any atom is 0.247 e. The molecule has 0 aromatic heterocycles. The van der Waals surface area contributed by atoms with Crippen LogP contribution in [-0.2, 0) is 22.6 Å². The largest absolute Gasteiger partial charge is 0.496 e. The first-order valence-electron chi connectivity index (χ1n) is 13.5. The van der Waals surface area contributed by atoms with E-state index in [1.807, 2.05) is 24.3 Å². The van der Waals surface area contributed by atoms with Gasteiger partial charge in [-0.15, -0.1) is 0 Å². The van der Waals surface area contributed by atoms with E-state index in [2.05, 4.69) is 27.9 Å². The maximum atomic E-state index is 13.5. The topological polar surface area (TPSA) is 138 Å². The third-order valence-electron chi connectivity index (χ3n) is 6.93. The highest BCUT2D eigenvalue weighted by atomic mass is 127. The van der Waals surface area contributed by atoms with Crippen LogP contribution in [0.15, 0.2) is 48.0 Å². The molecule has 1 aliphatic carbocycles. The van der Waals surface area contributed by atoms with E-state index in [0.29, 0.717) is 38.4 Å². The molecule has 0 aliphatic heterocycles. The lowest BCUT2D eigenvalue weighted by atomic mass is 9.87. The molecular weight excluding hydrogens is 643 g/mol. The molecule has 3 atom stereocenters. The number of aliphatic hydroxyl groups excluding tert-OH is 3. The van der Waals surface area contributed by atoms with Gasteiger partial charge in [0.05, 0.1) is 37.0 Å². The van der Waals surface area contributed by atoms with Crippen molar-refractivity contribution in [2.75, 3.05) is 33.9 Å². The van der Waals surface area contributed by atoms with Crippen molar-refractivity contribution in [1.82, 2.24) is 10.2 Å². The molecule has 41 heavy (non-hydrogen) atoms. The van der Waals surface area contributed by atoms with E-state index < -0.39 is 24.2 Å². The van der Waals surface area contributed by atoms with Gasteiger partial charge in [-0.3, -0.25) is 9.59 Å². The number of aliphatic hydroxyl groups is 3. The fourth-order valence-corrected chi connectivity index (χ4v) is 5.61. The van der Waals surface area contributed by atoms with Gasteiger partial charge < -0.3 is 39.7 Å². The molecule has 0 saturated heterocycles. The van der Waals surface area contributed by atoms with E-state index in [-0.39, 0.29) is 44.5 Å². The number of benzene rings is 2. The molecule has 3 unspecified atom stereocenters. The standard InChI is InChI=1S/C30H39IN2O8/c1-18(2)30(38)33(11-9-20-7-5-6-8-24(20)39-3)23-15-21(29(37)32-10-12-34)16-25(27(23)36)41-28-22(31)13-19(17-35)14-26(28)40-4/h5-8,13-14,16,18,23,25,27,34-36H,9-12,15,17H2,1-4H3,(H,32,37). The Morgan fingerprint density at radius 3 is 2.46 bits per heavy atom. The van der Waals surface area contributed by atoms with Crippen molar-refractivity contribution in [3.8, 4) is 17.2 Å². The lowest BCUT2D eigenvalue weighted by Gasteiger charge is -2.41. The SMILES string of the molecule is COc1ccccc1CCN(C(=O)C(C)C)C1CC(C(=O)NCCO)=CC(Oc2c(I)cc(CO)cc2OC)C1O. The summed E-state index contributed by atoms with van der Waals surface area (Å²) in [7, 11) is 3.07. The van der Waals surface area contributed by atoms with E-state index >= 15 is 0 Å². The average molecular weight is 683 g/mol. The summed E-state index contributed by atoms with van der Waals surface area (Å²) < 4.78 is 17.9. The number of carbonyl (C=O) groups excluding carboxylic acids is 2. The summed E-state index contributed by atoms with van der Waals surface area (Å²) in [6.07, 6.45) is -0.0500. The zero-order valence-corrected chi connectivity index (χ0v) is 26.0. The molecular formula is C30H39IN2O8. The van der Waals surface area contributed by atoms with Gasteiger partial charge in [-0.25, -0.2) is 0 Å². The van der Waals surface area contributed by atoms with Crippen molar-refractivity contribution in [2.45, 2.75) is 51.5 Å². The minimum absolute atomic E-state index is 0.0612. The third-order valence-corrected chi connectivity index (χ3v) is 7.73. The number of nitrogens with zero attached hydrogens (tertiary/aromatic N) is 1. The highest BCUT2D eigenvalue weighted by molar-refractivity contribution is 14.1. The van der Waals surface area contributed by atoms with Crippen LogP contribution in [-0.4, -0.2) is 84.2 Å². The van der Waals surface area contributed by atoms with E-state index in [1.165, 1.54) is 7.11 Å². The molecule has 224 valence electrons. The molecule has 11 heteroatoms. The molecule has 0 fully saturated rings. The van der Waals surface area contributed by atoms with Crippen LogP contribution in [0.5, 0.6) is 17.2 Å². The van der Waals surface area contributed by atoms with Crippen molar-refractivity contribution < 1.29 is 39.1 Å². The molecule has 2 amide bonds. The fraction of sp³-hybridized carbons (Fsp3) is 0.467. The molecule has 0 spiro atoms. The minimum atomic E-state index is -1.18. The molecule has 0 saturated carbocycles. The lowest BCUT2D eigenvalue weighted by Crippen LogP contribution is -2.56. The van der Waals surface area contributed by atoms with Crippen LogP contribution in [0.2, 0.25) is 0 Å². The van der Waals surface area contributed by atoms with Gasteiger partial charge in [0.25, 0.3) is 0 Å². The van der Waals surface area contributed by atoms with Gasteiger partial charge in [0.2, 0.25) is 11.8 Å². The van der Waals surface area contributed by atoms with Crippen molar-refractivity contribution in [3.63, 3.8) is 0 Å². The molecule has 3 rings (SSSR count). The first kappa shape index (κ1) is 32.6. The van der Waals surface area contributed by atoms with Crippen molar-refractivity contribution in [3.05, 3.63) is 62.7 Å². The monoisotopic (exact) mass is 682 g/mol. The minimum Gasteiger partial charge on any atom is -0.496 e. The first-order chi connectivity index (χ1) is 19.6. The zero-order chi connectivity index (χ0) is 30.1. The number of methoxy groups -OCH3 is 2. The Labute approximate surface area is 254 Å². The number of hydrogen-bond acceptors (Lipinski definition) is 8. The van der Waals surface area contributed by atoms with Crippen LogP contribution >= 0.6 is 22.6 Å². The molecule has 2 aromatic carbocycles. The summed E-state index contributed by atoms with van der Waals surface area (Å²) in [6.45, 7) is 3.52. The second kappa shape index (κ2) is 15.4. The summed E-state index contributed by atoms with van der Waals surface area (Å²) in [5.74, 6) is 0.469. The molecule has 0 heterocycles. The van der Waals surface area contributed by atoms with Crippen LogP contribution in [0.4, 0.5) is 0 Å². The Hall–Kier alpha value is -2.87. The van der Waals surface area contributed by atoms with Gasteiger partial charge in [0, 0.05) is 31.0 Å². The Bertz CT molecular complexity index is 1230. The summed E-state index contributed by atoms with van der Waals surface area (Å²) in [4.78, 5) is 28.2. The number of carbonyl (C=O) groups is 2. The Kier molecular flexibility index (Phi) is 12.2. The Morgan fingerprint density at radius 2 is 1.83 bits per heavy atom. The lowest BCUT2D eigenvalue weighted by molar-refractivity contribution is -0.141. The Balaban J connectivity index is 2.01. The molecule has 0 radical (unpaired) electrons. The quantitative estimate of drug-likeness (QED) is 0.237. The van der Waals surface area contributed by atoms with Gasteiger partial charge in [-0.2, -0.15) is 0 Å². The van der Waals surface area contributed by atoms with E-state index in [1.54, 1.807) is 44.1 Å². The second-order valence-electron chi connectivity index (χ2n) is 10.0. The fourth-order valence-electron chi connectivity index (χ4n) is 4.82. The number of hydrogen-bond donors (Lipinski definition) is 4. The zero-order valence-electron chi connectivity index (χ0n) is 23.8. The van der Waals surface area contributed by atoms with E-state index in [4.69, 9.17) is 14.2 Å². The van der Waals surface area contributed by atoms with Crippen LogP contribution in [0.25, 0.3) is 0 Å². The number of ether oxygens (including phenoxy) is 3. The van der Waals surface area contributed by atoms with Crippen molar-refractivity contribution >= 4 is 34.4 Å². The van der Waals surface area contributed by atoms with Crippen LogP contribution in [0, 0.1) is 9.49 Å². The normalized spacial score (nSPS) is 18.5. The molecule has 0 bridgehead atoms. The van der Waals surface area contributed by atoms with Crippen molar-refractivity contribution in [1.29, 1.82) is 0 Å². The number of amides is 2. The van der Waals surface area contributed by atoms with Gasteiger partial charge in [-0.1, -0.05) is 32.0 Å². The second-order valence-corrected chi connectivity index (χ2v) is 11.2. The third kappa shape index (κ3) is 8.12. The highest BCUT2D eigenvalue weighted by Gasteiger charge is 2.41. The maximum absolute atomic E-state index is 13.5. The number of nitrogens with one attached hydrogen (secondary N) is 1. The smallest absolute Gasteiger partial charge is 0.247 e. The van der Waals surface area contributed by atoms with Crippen LogP contribution < -0.4 is 19.5 Å².